The lowest BCUT2D eigenvalue weighted by Crippen LogP contribution is -2.39. The van der Waals surface area contributed by atoms with Crippen LogP contribution in [0.5, 0.6) is 0 Å². The van der Waals surface area contributed by atoms with Gasteiger partial charge in [-0.1, -0.05) is 19.1 Å². The van der Waals surface area contributed by atoms with Gasteiger partial charge in [-0.2, -0.15) is 0 Å². The molecule has 1 saturated heterocycles. The molecule has 0 unspecified atom stereocenters. The average molecular weight is 299 g/mol. The standard InChI is InChI=1S/C14H21NO4S/c1-14(6-8-19-9-7-14)11-15-20(17,18)13-4-2-12(10-16)3-5-13/h2-5,15-16H,6-11H2,1H3. The number of hydrogen-bond donors (Lipinski definition) is 2. The van der Waals surface area contributed by atoms with Gasteiger partial charge < -0.3 is 9.84 Å². The zero-order valence-corrected chi connectivity index (χ0v) is 12.4. The summed E-state index contributed by atoms with van der Waals surface area (Å²) in [6.07, 6.45) is 1.72. The van der Waals surface area contributed by atoms with Crippen molar-refractivity contribution >= 4 is 10.0 Å². The quantitative estimate of drug-likeness (QED) is 0.858. The Kier molecular flexibility index (Phi) is 4.80. The third kappa shape index (κ3) is 3.79. The van der Waals surface area contributed by atoms with Crippen LogP contribution < -0.4 is 4.72 Å². The molecule has 1 fully saturated rings. The van der Waals surface area contributed by atoms with Crippen molar-refractivity contribution < 1.29 is 18.3 Å². The van der Waals surface area contributed by atoms with Gasteiger partial charge in [-0.15, -0.1) is 0 Å². The average Bonchev–Trinajstić information content (AvgIpc) is 2.46. The molecule has 1 aromatic rings. The van der Waals surface area contributed by atoms with E-state index < -0.39 is 10.0 Å². The summed E-state index contributed by atoms with van der Waals surface area (Å²) in [5.74, 6) is 0. The van der Waals surface area contributed by atoms with Crippen LogP contribution in [0.4, 0.5) is 0 Å². The van der Waals surface area contributed by atoms with Crippen molar-refractivity contribution in [3.63, 3.8) is 0 Å². The van der Waals surface area contributed by atoms with E-state index in [0.29, 0.717) is 25.3 Å². The molecule has 1 aliphatic heterocycles. The Hall–Kier alpha value is -0.950. The minimum atomic E-state index is -3.50. The summed E-state index contributed by atoms with van der Waals surface area (Å²) in [5, 5.41) is 8.96. The zero-order chi connectivity index (χ0) is 14.6. The number of ether oxygens (including phenoxy) is 1. The molecule has 0 bridgehead atoms. The molecule has 0 spiro atoms. The van der Waals surface area contributed by atoms with Crippen LogP contribution in [0.25, 0.3) is 0 Å². The molecule has 0 amide bonds. The third-order valence-corrected chi connectivity index (χ3v) is 5.22. The van der Waals surface area contributed by atoms with Gasteiger partial charge in [0.2, 0.25) is 10.0 Å². The second-order valence-corrected chi connectivity index (χ2v) is 7.32. The SMILES string of the molecule is CC1(CNS(=O)(=O)c2ccc(CO)cc2)CCOCC1. The Bertz CT molecular complexity index is 533. The van der Waals surface area contributed by atoms with Crippen molar-refractivity contribution in [1.29, 1.82) is 0 Å². The summed E-state index contributed by atoms with van der Waals surface area (Å²) in [6.45, 7) is 3.77. The third-order valence-electron chi connectivity index (χ3n) is 3.81. The Labute approximate surface area is 120 Å². The first-order valence-corrected chi connectivity index (χ1v) is 8.21. The lowest BCUT2D eigenvalue weighted by Gasteiger charge is -2.33. The molecule has 1 heterocycles. The summed E-state index contributed by atoms with van der Waals surface area (Å²) < 4.78 is 32.4. The molecule has 0 aromatic heterocycles. The van der Waals surface area contributed by atoms with Gasteiger partial charge in [-0.05, 0) is 36.0 Å². The van der Waals surface area contributed by atoms with Crippen LogP contribution in [0.1, 0.15) is 25.3 Å². The van der Waals surface area contributed by atoms with E-state index in [0.717, 1.165) is 12.8 Å². The van der Waals surface area contributed by atoms with E-state index >= 15 is 0 Å². The highest BCUT2D eigenvalue weighted by atomic mass is 32.2. The highest BCUT2D eigenvalue weighted by Crippen LogP contribution is 2.29. The molecule has 1 aliphatic rings. The fourth-order valence-electron chi connectivity index (χ4n) is 2.17. The van der Waals surface area contributed by atoms with Crippen molar-refractivity contribution in [1.82, 2.24) is 4.72 Å². The van der Waals surface area contributed by atoms with E-state index in [1.807, 2.05) is 0 Å². The smallest absolute Gasteiger partial charge is 0.240 e. The number of aliphatic hydroxyl groups is 1. The fourth-order valence-corrected chi connectivity index (χ4v) is 3.37. The monoisotopic (exact) mass is 299 g/mol. The van der Waals surface area contributed by atoms with Crippen LogP contribution in [0.2, 0.25) is 0 Å². The predicted molar refractivity (Wildman–Crippen MR) is 75.7 cm³/mol. The number of rotatable bonds is 5. The van der Waals surface area contributed by atoms with Crippen molar-refractivity contribution in [2.75, 3.05) is 19.8 Å². The number of hydrogen-bond acceptors (Lipinski definition) is 4. The van der Waals surface area contributed by atoms with Gasteiger partial charge in [0.15, 0.2) is 0 Å². The number of sulfonamides is 1. The summed E-state index contributed by atoms with van der Waals surface area (Å²) in [4.78, 5) is 0.227. The van der Waals surface area contributed by atoms with E-state index in [2.05, 4.69) is 11.6 Å². The van der Waals surface area contributed by atoms with Gasteiger partial charge in [0, 0.05) is 19.8 Å². The molecule has 0 atom stereocenters. The molecule has 0 aliphatic carbocycles. The normalized spacial score (nSPS) is 18.9. The Morgan fingerprint density at radius 3 is 2.40 bits per heavy atom. The zero-order valence-electron chi connectivity index (χ0n) is 11.6. The number of benzene rings is 1. The Balaban J connectivity index is 2.02. The van der Waals surface area contributed by atoms with Crippen molar-refractivity contribution in [3.8, 4) is 0 Å². The van der Waals surface area contributed by atoms with Gasteiger partial charge in [0.05, 0.1) is 11.5 Å². The van der Waals surface area contributed by atoms with Gasteiger partial charge in [-0.25, -0.2) is 13.1 Å². The first kappa shape index (κ1) is 15.4. The van der Waals surface area contributed by atoms with E-state index in [1.165, 1.54) is 12.1 Å². The largest absolute Gasteiger partial charge is 0.392 e. The molecule has 1 aromatic carbocycles. The number of aliphatic hydroxyl groups excluding tert-OH is 1. The molecule has 6 heteroatoms. The second-order valence-electron chi connectivity index (χ2n) is 5.55. The molecule has 112 valence electrons. The van der Waals surface area contributed by atoms with Crippen LogP contribution in [0, 0.1) is 5.41 Å². The first-order chi connectivity index (χ1) is 9.45. The summed E-state index contributed by atoms with van der Waals surface area (Å²) in [5.41, 5.74) is 0.649. The van der Waals surface area contributed by atoms with E-state index in [1.54, 1.807) is 12.1 Å². The molecule has 0 saturated carbocycles. The molecule has 5 nitrogen and oxygen atoms in total. The molecule has 0 radical (unpaired) electrons. The van der Waals surface area contributed by atoms with Crippen LogP contribution in [-0.4, -0.2) is 33.3 Å². The summed E-state index contributed by atoms with van der Waals surface area (Å²) in [6, 6.07) is 6.26. The first-order valence-electron chi connectivity index (χ1n) is 6.72. The van der Waals surface area contributed by atoms with Gasteiger partial charge in [0.25, 0.3) is 0 Å². The highest BCUT2D eigenvalue weighted by Gasteiger charge is 2.29. The van der Waals surface area contributed by atoms with E-state index in [-0.39, 0.29) is 16.9 Å². The van der Waals surface area contributed by atoms with Crippen molar-refractivity contribution in [3.05, 3.63) is 29.8 Å². The molecule has 2 rings (SSSR count). The van der Waals surface area contributed by atoms with Crippen molar-refractivity contribution in [2.24, 2.45) is 5.41 Å². The Morgan fingerprint density at radius 1 is 1.25 bits per heavy atom. The lowest BCUT2D eigenvalue weighted by molar-refractivity contribution is 0.0265. The van der Waals surface area contributed by atoms with Crippen LogP contribution >= 0.6 is 0 Å². The van der Waals surface area contributed by atoms with Crippen molar-refractivity contribution in [2.45, 2.75) is 31.3 Å². The maximum absolute atomic E-state index is 12.2. The van der Waals surface area contributed by atoms with Crippen LogP contribution in [0.15, 0.2) is 29.2 Å². The fraction of sp³-hybridized carbons (Fsp3) is 0.571. The lowest BCUT2D eigenvalue weighted by atomic mass is 9.83. The van der Waals surface area contributed by atoms with Crippen LogP contribution in [0.3, 0.4) is 0 Å². The summed E-state index contributed by atoms with van der Waals surface area (Å²) in [7, 11) is -3.50. The molecular weight excluding hydrogens is 278 g/mol. The Morgan fingerprint density at radius 2 is 1.85 bits per heavy atom. The van der Waals surface area contributed by atoms with Gasteiger partial charge in [-0.3, -0.25) is 0 Å². The molecule has 2 N–H and O–H groups in total. The maximum atomic E-state index is 12.2. The van der Waals surface area contributed by atoms with Gasteiger partial charge >= 0.3 is 0 Å². The van der Waals surface area contributed by atoms with E-state index in [4.69, 9.17) is 9.84 Å². The predicted octanol–water partition coefficient (Wildman–Crippen LogP) is 1.27. The van der Waals surface area contributed by atoms with E-state index in [9.17, 15) is 8.42 Å². The topological polar surface area (TPSA) is 75.6 Å². The highest BCUT2D eigenvalue weighted by molar-refractivity contribution is 7.89. The minimum absolute atomic E-state index is 0.0453. The minimum Gasteiger partial charge on any atom is -0.392 e. The number of nitrogens with one attached hydrogen (secondary N) is 1. The molecule has 20 heavy (non-hydrogen) atoms. The van der Waals surface area contributed by atoms with Gasteiger partial charge in [0.1, 0.15) is 0 Å². The van der Waals surface area contributed by atoms with Crippen LogP contribution in [-0.2, 0) is 21.4 Å². The maximum Gasteiger partial charge on any atom is 0.240 e. The molecular formula is C14H21NO4S. The summed E-state index contributed by atoms with van der Waals surface area (Å²) >= 11 is 0. The second kappa shape index (κ2) is 6.22.